The number of likely N-dealkylation sites (tertiary alicyclic amines) is 1. The van der Waals surface area contributed by atoms with E-state index in [2.05, 4.69) is 10.3 Å². The highest BCUT2D eigenvalue weighted by molar-refractivity contribution is 5.95. The summed E-state index contributed by atoms with van der Waals surface area (Å²) in [6.45, 7) is 3.89. The van der Waals surface area contributed by atoms with E-state index in [-0.39, 0.29) is 5.91 Å². The highest BCUT2D eigenvalue weighted by atomic mass is 16.5. The molecule has 1 N–H and O–H groups in total. The lowest BCUT2D eigenvalue weighted by Gasteiger charge is -2.38. The molecule has 0 saturated carbocycles. The molecule has 0 unspecified atom stereocenters. The van der Waals surface area contributed by atoms with Crippen molar-refractivity contribution in [3.05, 3.63) is 36.0 Å². The predicted octanol–water partition coefficient (Wildman–Crippen LogP) is 2.46. The minimum atomic E-state index is 0.0496. The summed E-state index contributed by atoms with van der Waals surface area (Å²) in [5.41, 5.74) is 1.78. The van der Waals surface area contributed by atoms with Crippen LogP contribution in [0.2, 0.25) is 0 Å². The van der Waals surface area contributed by atoms with E-state index >= 15 is 0 Å². The van der Waals surface area contributed by atoms with E-state index < -0.39 is 0 Å². The number of carbonyl (C=O) groups excluding carboxylic acids is 1. The molecule has 2 fully saturated rings. The Morgan fingerprint density at radius 1 is 1.21 bits per heavy atom. The monoisotopic (exact) mass is 325 g/mol. The first-order valence-electron chi connectivity index (χ1n) is 8.64. The summed E-state index contributed by atoms with van der Waals surface area (Å²) in [4.78, 5) is 19.3. The number of methoxy groups -OCH3 is 1. The molecule has 2 aliphatic rings. The van der Waals surface area contributed by atoms with E-state index in [9.17, 15) is 4.79 Å². The fourth-order valence-electron chi connectivity index (χ4n) is 3.92. The third-order valence-corrected chi connectivity index (χ3v) is 5.56. The lowest BCUT2D eigenvalue weighted by atomic mass is 9.78. The van der Waals surface area contributed by atoms with Crippen LogP contribution in [-0.2, 0) is 0 Å². The third kappa shape index (κ3) is 2.73. The SMILES string of the molecule is COc1ccc2nc(C(=O)N3CCC4(CCNC4)CC3)ccc2c1. The smallest absolute Gasteiger partial charge is 0.272 e. The number of piperidine rings is 1. The van der Waals surface area contributed by atoms with Crippen LogP contribution in [0.1, 0.15) is 29.8 Å². The number of carbonyl (C=O) groups is 1. The molecule has 5 heteroatoms. The molecule has 0 radical (unpaired) electrons. The number of pyridine rings is 1. The van der Waals surface area contributed by atoms with Crippen molar-refractivity contribution in [2.75, 3.05) is 33.3 Å². The quantitative estimate of drug-likeness (QED) is 0.921. The van der Waals surface area contributed by atoms with Gasteiger partial charge in [-0.1, -0.05) is 6.07 Å². The zero-order valence-corrected chi connectivity index (χ0v) is 14.0. The average Bonchev–Trinajstić information content (AvgIpc) is 3.09. The second kappa shape index (κ2) is 6.06. The summed E-state index contributed by atoms with van der Waals surface area (Å²) in [5.74, 6) is 0.850. The number of fused-ring (bicyclic) bond motifs is 1. The normalized spacial score (nSPS) is 19.8. The first-order valence-corrected chi connectivity index (χ1v) is 8.64. The summed E-state index contributed by atoms with van der Waals surface area (Å²) in [7, 11) is 1.65. The van der Waals surface area contributed by atoms with E-state index in [4.69, 9.17) is 4.74 Å². The van der Waals surface area contributed by atoms with Crippen LogP contribution in [-0.4, -0.2) is 49.1 Å². The Kier molecular flexibility index (Phi) is 3.88. The molecule has 4 rings (SSSR count). The molecule has 24 heavy (non-hydrogen) atoms. The summed E-state index contributed by atoms with van der Waals surface area (Å²) in [6.07, 6.45) is 3.43. The Bertz CT molecular complexity index is 758. The largest absolute Gasteiger partial charge is 0.497 e. The van der Waals surface area contributed by atoms with Gasteiger partial charge in [0.05, 0.1) is 12.6 Å². The van der Waals surface area contributed by atoms with Crippen LogP contribution in [0.25, 0.3) is 10.9 Å². The van der Waals surface area contributed by atoms with Gasteiger partial charge >= 0.3 is 0 Å². The molecule has 1 aromatic carbocycles. The van der Waals surface area contributed by atoms with Crippen molar-refractivity contribution in [3.8, 4) is 5.75 Å². The molecule has 2 aliphatic heterocycles. The van der Waals surface area contributed by atoms with Crippen LogP contribution >= 0.6 is 0 Å². The molecule has 1 spiro atoms. The van der Waals surface area contributed by atoms with Gasteiger partial charge in [-0.15, -0.1) is 0 Å². The topological polar surface area (TPSA) is 54.5 Å². The zero-order valence-electron chi connectivity index (χ0n) is 14.0. The van der Waals surface area contributed by atoms with Crippen molar-refractivity contribution in [2.24, 2.45) is 5.41 Å². The third-order valence-electron chi connectivity index (χ3n) is 5.56. The maximum Gasteiger partial charge on any atom is 0.272 e. The summed E-state index contributed by atoms with van der Waals surface area (Å²) in [5, 5.41) is 4.45. The number of benzene rings is 1. The molecule has 0 bridgehead atoms. The van der Waals surface area contributed by atoms with Crippen molar-refractivity contribution < 1.29 is 9.53 Å². The fraction of sp³-hybridized carbons (Fsp3) is 0.474. The van der Waals surface area contributed by atoms with Crippen molar-refractivity contribution >= 4 is 16.8 Å². The minimum Gasteiger partial charge on any atom is -0.497 e. The average molecular weight is 325 g/mol. The lowest BCUT2D eigenvalue weighted by molar-refractivity contribution is 0.0602. The van der Waals surface area contributed by atoms with E-state index in [1.807, 2.05) is 35.2 Å². The van der Waals surface area contributed by atoms with Crippen molar-refractivity contribution in [3.63, 3.8) is 0 Å². The number of hydrogen-bond acceptors (Lipinski definition) is 4. The number of rotatable bonds is 2. The lowest BCUT2D eigenvalue weighted by Crippen LogP contribution is -2.44. The van der Waals surface area contributed by atoms with Gasteiger partial charge in [-0.05, 0) is 55.5 Å². The van der Waals surface area contributed by atoms with Crippen LogP contribution in [0.15, 0.2) is 30.3 Å². The zero-order chi connectivity index (χ0) is 16.6. The highest BCUT2D eigenvalue weighted by Crippen LogP contribution is 2.37. The first kappa shape index (κ1) is 15.4. The van der Waals surface area contributed by atoms with E-state index in [0.717, 1.165) is 55.7 Å². The summed E-state index contributed by atoms with van der Waals surface area (Å²) in [6, 6.07) is 9.49. The summed E-state index contributed by atoms with van der Waals surface area (Å²) >= 11 is 0. The molecule has 3 heterocycles. The van der Waals surface area contributed by atoms with Crippen LogP contribution in [0.5, 0.6) is 5.75 Å². The van der Waals surface area contributed by atoms with Gasteiger partial charge in [0.15, 0.2) is 0 Å². The maximum absolute atomic E-state index is 12.8. The number of amides is 1. The number of nitrogens with zero attached hydrogens (tertiary/aromatic N) is 2. The van der Waals surface area contributed by atoms with Crippen molar-refractivity contribution in [2.45, 2.75) is 19.3 Å². The predicted molar refractivity (Wildman–Crippen MR) is 93.4 cm³/mol. The molecule has 0 aliphatic carbocycles. The van der Waals surface area contributed by atoms with Crippen LogP contribution in [0.3, 0.4) is 0 Å². The van der Waals surface area contributed by atoms with Gasteiger partial charge in [-0.25, -0.2) is 4.98 Å². The van der Waals surface area contributed by atoms with E-state index in [0.29, 0.717) is 11.1 Å². The number of ether oxygens (including phenoxy) is 1. The van der Waals surface area contributed by atoms with Crippen molar-refractivity contribution in [1.29, 1.82) is 0 Å². The Morgan fingerprint density at radius 2 is 2.04 bits per heavy atom. The second-order valence-electron chi connectivity index (χ2n) is 6.97. The van der Waals surface area contributed by atoms with Crippen LogP contribution in [0.4, 0.5) is 0 Å². The van der Waals surface area contributed by atoms with E-state index in [1.165, 1.54) is 6.42 Å². The molecular weight excluding hydrogens is 302 g/mol. The maximum atomic E-state index is 12.8. The Morgan fingerprint density at radius 3 is 2.75 bits per heavy atom. The van der Waals surface area contributed by atoms with Gasteiger partial charge in [0.1, 0.15) is 11.4 Å². The van der Waals surface area contributed by atoms with Crippen LogP contribution in [0, 0.1) is 5.41 Å². The number of nitrogens with one attached hydrogen (secondary N) is 1. The van der Waals surface area contributed by atoms with Gasteiger partial charge in [0.2, 0.25) is 0 Å². The molecule has 5 nitrogen and oxygen atoms in total. The second-order valence-corrected chi connectivity index (χ2v) is 6.97. The van der Waals surface area contributed by atoms with Gasteiger partial charge in [-0.3, -0.25) is 4.79 Å². The fourth-order valence-corrected chi connectivity index (χ4v) is 3.92. The summed E-state index contributed by atoms with van der Waals surface area (Å²) < 4.78 is 5.23. The molecule has 126 valence electrons. The Labute approximate surface area is 142 Å². The first-order chi connectivity index (χ1) is 11.7. The molecular formula is C19H23N3O2. The van der Waals surface area contributed by atoms with Gasteiger partial charge < -0.3 is 15.0 Å². The Hall–Kier alpha value is -2.14. The standard InChI is InChI=1S/C19H23N3O2/c1-24-15-3-5-16-14(12-15)2-4-17(21-16)18(23)22-10-7-19(8-11-22)6-9-20-13-19/h2-5,12,20H,6-11,13H2,1H3. The van der Waals surface area contributed by atoms with Gasteiger partial charge in [0.25, 0.3) is 5.91 Å². The van der Waals surface area contributed by atoms with Gasteiger partial charge in [-0.2, -0.15) is 0 Å². The molecule has 2 aromatic rings. The molecule has 1 aromatic heterocycles. The molecule has 1 amide bonds. The highest BCUT2D eigenvalue weighted by Gasteiger charge is 2.38. The Balaban J connectivity index is 1.51. The van der Waals surface area contributed by atoms with Crippen LogP contribution < -0.4 is 10.1 Å². The minimum absolute atomic E-state index is 0.0496. The van der Waals surface area contributed by atoms with Crippen molar-refractivity contribution in [1.82, 2.24) is 15.2 Å². The number of hydrogen-bond donors (Lipinski definition) is 1. The number of aromatic nitrogens is 1. The molecule has 0 atom stereocenters. The molecule has 2 saturated heterocycles. The van der Waals surface area contributed by atoms with Gasteiger partial charge in [0, 0.05) is 25.0 Å². The van der Waals surface area contributed by atoms with E-state index in [1.54, 1.807) is 7.11 Å².